The molecule has 4 rings (SSSR count). The number of thiophene rings is 1. The molecule has 0 bridgehead atoms. The molecule has 3 aromatic heterocycles. The number of aryl methyl sites for hydroxylation is 2. The van der Waals surface area contributed by atoms with Crippen molar-refractivity contribution in [3.8, 4) is 0 Å². The molecule has 3 aromatic rings. The van der Waals surface area contributed by atoms with E-state index in [4.69, 9.17) is 0 Å². The number of H-pyrrole nitrogens is 1. The lowest BCUT2D eigenvalue weighted by Crippen LogP contribution is -2.27. The van der Waals surface area contributed by atoms with E-state index in [-0.39, 0.29) is 5.56 Å². The van der Waals surface area contributed by atoms with Crippen LogP contribution in [0.15, 0.2) is 34.2 Å². The molecule has 1 aliphatic carbocycles. The predicted octanol–water partition coefficient (Wildman–Crippen LogP) is 2.40. The summed E-state index contributed by atoms with van der Waals surface area (Å²) in [6.07, 6.45) is 4.63. The Bertz CT molecular complexity index is 917. The van der Waals surface area contributed by atoms with E-state index in [0.717, 1.165) is 34.2 Å². The lowest BCUT2D eigenvalue weighted by atomic mass is 10.2. The lowest BCUT2D eigenvalue weighted by Gasteiger charge is -2.03. The van der Waals surface area contributed by atoms with Gasteiger partial charge in [-0.1, -0.05) is 0 Å². The predicted molar refractivity (Wildman–Crippen MR) is 87.2 cm³/mol. The van der Waals surface area contributed by atoms with Crippen molar-refractivity contribution < 1.29 is 4.73 Å². The molecule has 22 heavy (non-hydrogen) atoms. The Morgan fingerprint density at radius 2 is 2.32 bits per heavy atom. The van der Waals surface area contributed by atoms with E-state index >= 15 is 0 Å². The average Bonchev–Trinajstić information content (AvgIpc) is 3.06. The van der Waals surface area contributed by atoms with Gasteiger partial charge in [0.05, 0.1) is 11.1 Å². The van der Waals surface area contributed by atoms with Gasteiger partial charge in [-0.3, -0.25) is 4.79 Å². The van der Waals surface area contributed by atoms with Crippen LogP contribution in [-0.4, -0.2) is 9.97 Å². The highest BCUT2D eigenvalue weighted by atomic mass is 32.2. The molecular formula is C15H13N3O2S2. The number of aromatic nitrogens is 3. The summed E-state index contributed by atoms with van der Waals surface area (Å²) in [6.45, 7) is 0. The van der Waals surface area contributed by atoms with Crippen molar-refractivity contribution in [1.82, 2.24) is 9.97 Å². The molecule has 5 nitrogen and oxygen atoms in total. The van der Waals surface area contributed by atoms with Crippen molar-refractivity contribution in [3.63, 3.8) is 0 Å². The van der Waals surface area contributed by atoms with Gasteiger partial charge in [-0.05, 0) is 42.7 Å². The molecule has 0 aliphatic heterocycles. The summed E-state index contributed by atoms with van der Waals surface area (Å²) in [4.78, 5) is 21.9. The highest BCUT2D eigenvalue weighted by Gasteiger charge is 2.21. The maximum absolute atomic E-state index is 12.3. The fourth-order valence-corrected chi connectivity index (χ4v) is 4.85. The monoisotopic (exact) mass is 331 g/mol. The standard InChI is InChI=1S/C15H13N3O2S2/c19-14-13-9-4-3-5-10(9)22-15(13)17-11(16-14)8-21-12-6-1-2-7-18(12)20/h1-2,6-7H,3-5,8H2,(H,16,17,19). The first-order chi connectivity index (χ1) is 10.7. The second-order valence-corrected chi connectivity index (χ2v) is 7.28. The quantitative estimate of drug-likeness (QED) is 0.454. The van der Waals surface area contributed by atoms with Gasteiger partial charge in [0.15, 0.2) is 6.20 Å². The SMILES string of the molecule is O=c1[nH]c(CSc2cccc[n+]2[O-])nc2sc3c(c12)CCC3. The van der Waals surface area contributed by atoms with Crippen molar-refractivity contribution in [3.05, 3.63) is 56.2 Å². The summed E-state index contributed by atoms with van der Waals surface area (Å²) in [5, 5.41) is 13.0. The van der Waals surface area contributed by atoms with E-state index in [0.29, 0.717) is 16.6 Å². The molecule has 112 valence electrons. The van der Waals surface area contributed by atoms with Crippen LogP contribution < -0.4 is 10.3 Å². The second kappa shape index (κ2) is 5.40. The summed E-state index contributed by atoms with van der Waals surface area (Å²) in [5.74, 6) is 1.09. The Kier molecular flexibility index (Phi) is 3.38. The number of rotatable bonds is 3. The number of hydrogen-bond donors (Lipinski definition) is 1. The van der Waals surface area contributed by atoms with Crippen molar-refractivity contribution in [1.29, 1.82) is 0 Å². The zero-order valence-corrected chi connectivity index (χ0v) is 13.3. The third-order valence-corrected chi connectivity index (χ3v) is 5.98. The molecule has 0 amide bonds. The molecule has 0 radical (unpaired) electrons. The molecule has 0 aromatic carbocycles. The minimum absolute atomic E-state index is 0.0527. The molecule has 0 saturated heterocycles. The maximum atomic E-state index is 12.3. The van der Waals surface area contributed by atoms with E-state index in [9.17, 15) is 10.0 Å². The van der Waals surface area contributed by atoms with Crippen LogP contribution in [-0.2, 0) is 18.6 Å². The molecule has 0 unspecified atom stereocenters. The number of pyridine rings is 1. The van der Waals surface area contributed by atoms with Crippen LogP contribution in [0.2, 0.25) is 0 Å². The van der Waals surface area contributed by atoms with Crippen LogP contribution in [0.5, 0.6) is 0 Å². The van der Waals surface area contributed by atoms with Gasteiger partial charge in [0, 0.05) is 17.0 Å². The van der Waals surface area contributed by atoms with E-state index in [2.05, 4.69) is 9.97 Å². The van der Waals surface area contributed by atoms with Crippen LogP contribution in [0.4, 0.5) is 0 Å². The Morgan fingerprint density at radius 1 is 1.41 bits per heavy atom. The number of nitrogens with one attached hydrogen (secondary N) is 1. The summed E-state index contributed by atoms with van der Waals surface area (Å²) < 4.78 is 0.820. The maximum Gasteiger partial charge on any atom is 0.259 e. The Morgan fingerprint density at radius 3 is 3.18 bits per heavy atom. The first-order valence-electron chi connectivity index (χ1n) is 7.07. The lowest BCUT2D eigenvalue weighted by molar-refractivity contribution is -0.645. The number of nitrogens with zero attached hydrogens (tertiary/aromatic N) is 2. The number of aromatic amines is 1. The second-order valence-electron chi connectivity index (χ2n) is 5.20. The molecule has 0 spiro atoms. The van der Waals surface area contributed by atoms with Gasteiger partial charge in [-0.15, -0.1) is 11.3 Å². The topological polar surface area (TPSA) is 72.7 Å². The normalized spacial score (nSPS) is 13.6. The zero-order chi connectivity index (χ0) is 15.1. The Labute approximate surface area is 134 Å². The number of fused-ring (bicyclic) bond motifs is 3. The van der Waals surface area contributed by atoms with Crippen molar-refractivity contribution in [2.75, 3.05) is 0 Å². The van der Waals surface area contributed by atoms with Gasteiger partial charge < -0.3 is 10.2 Å². The highest BCUT2D eigenvalue weighted by Crippen LogP contribution is 2.34. The van der Waals surface area contributed by atoms with Crippen LogP contribution in [0, 0.1) is 5.21 Å². The van der Waals surface area contributed by atoms with E-state index in [1.54, 1.807) is 23.5 Å². The van der Waals surface area contributed by atoms with E-state index in [1.807, 2.05) is 6.07 Å². The third kappa shape index (κ3) is 2.30. The van der Waals surface area contributed by atoms with E-state index in [1.165, 1.54) is 28.4 Å². The fourth-order valence-electron chi connectivity index (χ4n) is 2.78. The summed E-state index contributed by atoms with van der Waals surface area (Å²) in [6, 6.07) is 5.27. The first-order valence-corrected chi connectivity index (χ1v) is 8.87. The van der Waals surface area contributed by atoms with Crippen LogP contribution in [0.3, 0.4) is 0 Å². The third-order valence-electron chi connectivity index (χ3n) is 3.77. The number of thioether (sulfide) groups is 1. The van der Waals surface area contributed by atoms with Crippen molar-refractivity contribution >= 4 is 33.3 Å². The van der Waals surface area contributed by atoms with Gasteiger partial charge in [-0.2, -0.15) is 4.73 Å². The zero-order valence-electron chi connectivity index (χ0n) is 11.7. The van der Waals surface area contributed by atoms with Gasteiger partial charge >= 0.3 is 0 Å². The molecule has 3 heterocycles. The highest BCUT2D eigenvalue weighted by molar-refractivity contribution is 7.98. The minimum Gasteiger partial charge on any atom is -0.618 e. The minimum atomic E-state index is -0.0527. The van der Waals surface area contributed by atoms with Crippen molar-refractivity contribution in [2.24, 2.45) is 0 Å². The van der Waals surface area contributed by atoms with Gasteiger partial charge in [0.2, 0.25) is 0 Å². The summed E-state index contributed by atoms with van der Waals surface area (Å²) >= 11 is 3.00. The summed E-state index contributed by atoms with van der Waals surface area (Å²) in [5.41, 5.74) is 1.14. The molecular weight excluding hydrogens is 318 g/mol. The summed E-state index contributed by atoms with van der Waals surface area (Å²) in [7, 11) is 0. The molecule has 0 atom stereocenters. The van der Waals surface area contributed by atoms with E-state index < -0.39 is 0 Å². The van der Waals surface area contributed by atoms with Crippen LogP contribution in [0.25, 0.3) is 10.2 Å². The largest absolute Gasteiger partial charge is 0.618 e. The average molecular weight is 331 g/mol. The molecule has 0 fully saturated rings. The van der Waals surface area contributed by atoms with Crippen molar-refractivity contribution in [2.45, 2.75) is 30.0 Å². The molecule has 0 saturated carbocycles. The van der Waals surface area contributed by atoms with Gasteiger partial charge in [0.1, 0.15) is 10.7 Å². The number of hydrogen-bond acceptors (Lipinski definition) is 5. The molecule has 1 N–H and O–H groups in total. The fraction of sp³-hybridized carbons (Fsp3) is 0.267. The van der Waals surface area contributed by atoms with Crippen LogP contribution in [0.1, 0.15) is 22.7 Å². The Balaban J connectivity index is 1.66. The molecule has 7 heteroatoms. The van der Waals surface area contributed by atoms with Crippen LogP contribution >= 0.6 is 23.1 Å². The first kappa shape index (κ1) is 13.8. The Hall–Kier alpha value is -1.86. The van der Waals surface area contributed by atoms with Gasteiger partial charge in [-0.25, -0.2) is 4.98 Å². The van der Waals surface area contributed by atoms with Gasteiger partial charge in [0.25, 0.3) is 10.6 Å². The smallest absolute Gasteiger partial charge is 0.259 e. The molecule has 1 aliphatic rings.